The molecule has 48 heavy (non-hydrogen) atoms. The molecule has 2 atom stereocenters. The number of methoxy groups -OCH3 is 1. The lowest BCUT2D eigenvalue weighted by Crippen LogP contribution is -2.42. The van der Waals surface area contributed by atoms with Gasteiger partial charge in [-0.25, -0.2) is 4.79 Å². The highest BCUT2D eigenvalue weighted by molar-refractivity contribution is 7.86. The summed E-state index contributed by atoms with van der Waals surface area (Å²) in [5.41, 5.74) is 0.872. The zero-order valence-electron chi connectivity index (χ0n) is 25.9. The summed E-state index contributed by atoms with van der Waals surface area (Å²) in [7, 11) is -2.62. The van der Waals surface area contributed by atoms with E-state index < -0.39 is 40.8 Å². The van der Waals surface area contributed by atoms with Gasteiger partial charge in [0.25, 0.3) is 5.91 Å². The standard InChI is InChI=1S/C32H32Cl2F2N2O9S/c1-43-25-9-8-20(13-29(25)47-48(2,41)42)30(39)38-11-3-4-24(38)31(40)45-27(14-21-22(33)15-37-16-23(21)34)19-7-10-26(46-32(35)36)28(12-19)44-17-18-5-6-18/h7-10,12-13,15-16,18,24,27,32H,3-6,11,14,17H2,1-2H3/t24-,27-/m0/s1. The van der Waals surface area contributed by atoms with Gasteiger partial charge in [0, 0.05) is 30.9 Å². The molecule has 258 valence electrons. The number of nitrogens with zero attached hydrogens (tertiary/aromatic N) is 2. The Balaban J connectivity index is 1.43. The van der Waals surface area contributed by atoms with E-state index in [0.717, 1.165) is 19.1 Å². The largest absolute Gasteiger partial charge is 0.493 e. The second-order valence-corrected chi connectivity index (χ2v) is 13.7. The fraction of sp³-hybridized carbons (Fsp3) is 0.406. The maximum atomic E-state index is 13.8. The number of likely N-dealkylation sites (tertiary alicyclic amines) is 1. The molecule has 1 aliphatic carbocycles. The Kier molecular flexibility index (Phi) is 11.2. The number of benzene rings is 2. The SMILES string of the molecule is COc1ccc(C(=O)N2CCC[C@H]2C(=O)O[C@@H](Cc2c(Cl)cncc2Cl)c2ccc(OC(F)F)c(OCC3CC3)c2)cc1OS(C)(=O)=O. The Morgan fingerprint density at radius 3 is 2.35 bits per heavy atom. The van der Waals surface area contributed by atoms with Gasteiger partial charge in [0.1, 0.15) is 12.1 Å². The minimum absolute atomic E-state index is 0.0195. The average molecular weight is 730 g/mol. The van der Waals surface area contributed by atoms with E-state index >= 15 is 0 Å². The number of hydrogen-bond donors (Lipinski definition) is 0. The lowest BCUT2D eigenvalue weighted by atomic mass is 10.0. The van der Waals surface area contributed by atoms with Crippen molar-refractivity contribution in [2.24, 2.45) is 5.92 Å². The predicted octanol–water partition coefficient (Wildman–Crippen LogP) is 6.26. The first-order valence-electron chi connectivity index (χ1n) is 14.9. The molecule has 1 aromatic heterocycles. The van der Waals surface area contributed by atoms with Crippen LogP contribution < -0.4 is 18.4 Å². The molecular weight excluding hydrogens is 697 g/mol. The van der Waals surface area contributed by atoms with Crippen LogP contribution in [0.15, 0.2) is 48.8 Å². The van der Waals surface area contributed by atoms with Crippen molar-refractivity contribution in [2.45, 2.75) is 50.9 Å². The molecule has 1 aliphatic heterocycles. The number of halogens is 4. The van der Waals surface area contributed by atoms with Crippen LogP contribution in [0.4, 0.5) is 8.78 Å². The third-order valence-corrected chi connectivity index (χ3v) is 8.90. The highest BCUT2D eigenvalue weighted by Gasteiger charge is 2.38. The number of esters is 1. The van der Waals surface area contributed by atoms with Crippen molar-refractivity contribution in [1.29, 1.82) is 0 Å². The molecule has 2 heterocycles. The molecule has 0 bridgehead atoms. The van der Waals surface area contributed by atoms with Gasteiger partial charge in [0.15, 0.2) is 23.0 Å². The van der Waals surface area contributed by atoms with Gasteiger partial charge in [0.05, 0.1) is 30.0 Å². The molecule has 2 aliphatic rings. The first-order valence-corrected chi connectivity index (χ1v) is 17.5. The van der Waals surface area contributed by atoms with Gasteiger partial charge in [0.2, 0.25) is 0 Å². The van der Waals surface area contributed by atoms with Crippen molar-refractivity contribution in [1.82, 2.24) is 9.88 Å². The van der Waals surface area contributed by atoms with Crippen LogP contribution in [-0.4, -0.2) is 69.3 Å². The first-order chi connectivity index (χ1) is 22.8. The van der Waals surface area contributed by atoms with Gasteiger partial charge in [-0.15, -0.1) is 0 Å². The molecule has 0 radical (unpaired) electrons. The topological polar surface area (TPSA) is 131 Å². The summed E-state index contributed by atoms with van der Waals surface area (Å²) < 4.78 is 76.7. The molecule has 2 fully saturated rings. The maximum Gasteiger partial charge on any atom is 0.387 e. The van der Waals surface area contributed by atoms with Crippen LogP contribution in [0.5, 0.6) is 23.0 Å². The third-order valence-electron chi connectivity index (χ3n) is 7.76. The van der Waals surface area contributed by atoms with Crippen LogP contribution in [0.3, 0.4) is 0 Å². The minimum atomic E-state index is -3.94. The number of pyridine rings is 1. The predicted molar refractivity (Wildman–Crippen MR) is 171 cm³/mol. The molecule has 0 unspecified atom stereocenters. The Morgan fingerprint density at radius 1 is 1.00 bits per heavy atom. The zero-order chi connectivity index (χ0) is 34.6. The smallest absolute Gasteiger partial charge is 0.387 e. The summed E-state index contributed by atoms with van der Waals surface area (Å²) in [4.78, 5) is 32.8. The minimum Gasteiger partial charge on any atom is -0.493 e. The van der Waals surface area contributed by atoms with E-state index in [2.05, 4.69) is 9.72 Å². The lowest BCUT2D eigenvalue weighted by Gasteiger charge is -2.27. The third kappa shape index (κ3) is 8.97. The van der Waals surface area contributed by atoms with Crippen LogP contribution in [-0.2, 0) is 26.1 Å². The van der Waals surface area contributed by atoms with E-state index in [4.69, 9.17) is 41.6 Å². The zero-order valence-corrected chi connectivity index (χ0v) is 28.2. The van der Waals surface area contributed by atoms with E-state index in [9.17, 15) is 26.8 Å². The number of aromatic nitrogens is 1. The van der Waals surface area contributed by atoms with Crippen molar-refractivity contribution in [3.8, 4) is 23.0 Å². The van der Waals surface area contributed by atoms with Gasteiger partial charge in [-0.1, -0.05) is 29.3 Å². The Morgan fingerprint density at radius 2 is 1.71 bits per heavy atom. The van der Waals surface area contributed by atoms with Gasteiger partial charge >= 0.3 is 22.7 Å². The fourth-order valence-corrected chi connectivity index (χ4v) is 6.22. The molecule has 1 saturated carbocycles. The van der Waals surface area contributed by atoms with Gasteiger partial charge in [-0.3, -0.25) is 9.78 Å². The molecule has 0 spiro atoms. The second kappa shape index (κ2) is 15.1. The molecule has 3 aromatic rings. The summed E-state index contributed by atoms with van der Waals surface area (Å²) in [5, 5.41) is 0.436. The lowest BCUT2D eigenvalue weighted by molar-refractivity contribution is -0.154. The maximum absolute atomic E-state index is 13.8. The highest BCUT2D eigenvalue weighted by Crippen LogP contribution is 2.39. The summed E-state index contributed by atoms with van der Waals surface area (Å²) in [6, 6.07) is 7.30. The molecular formula is C32H32Cl2F2N2O9S. The van der Waals surface area contributed by atoms with Crippen molar-refractivity contribution >= 4 is 45.2 Å². The molecule has 1 saturated heterocycles. The Hall–Kier alpha value is -3.88. The first kappa shape index (κ1) is 35.4. The van der Waals surface area contributed by atoms with Crippen LogP contribution in [0, 0.1) is 5.92 Å². The van der Waals surface area contributed by atoms with E-state index in [1.54, 1.807) is 0 Å². The van der Waals surface area contributed by atoms with Gasteiger partial charge < -0.3 is 28.0 Å². The number of amides is 1. The number of ether oxygens (including phenoxy) is 4. The summed E-state index contributed by atoms with van der Waals surface area (Å²) in [6.45, 7) is -2.57. The normalized spacial score (nSPS) is 16.8. The van der Waals surface area contributed by atoms with Crippen molar-refractivity contribution in [3.63, 3.8) is 0 Å². The Labute approximate surface area is 286 Å². The van der Waals surface area contributed by atoms with E-state index in [0.29, 0.717) is 30.1 Å². The number of carbonyl (C=O) groups is 2. The molecule has 1 amide bonds. The van der Waals surface area contributed by atoms with Gasteiger partial charge in [-0.2, -0.15) is 17.2 Å². The fourth-order valence-electron chi connectivity index (χ4n) is 5.25. The molecule has 16 heteroatoms. The van der Waals surface area contributed by atoms with Crippen LogP contribution in [0.1, 0.15) is 53.3 Å². The molecule has 5 rings (SSSR count). The van der Waals surface area contributed by atoms with Crippen molar-refractivity contribution in [2.75, 3.05) is 26.5 Å². The molecule has 2 aromatic carbocycles. The van der Waals surface area contributed by atoms with Crippen LogP contribution in [0.25, 0.3) is 0 Å². The van der Waals surface area contributed by atoms with Crippen LogP contribution in [0.2, 0.25) is 10.0 Å². The number of carbonyl (C=O) groups excluding carboxylic acids is 2. The highest BCUT2D eigenvalue weighted by atomic mass is 35.5. The summed E-state index contributed by atoms with van der Waals surface area (Å²) in [6.07, 6.45) is 5.26. The van der Waals surface area contributed by atoms with Crippen molar-refractivity contribution in [3.05, 3.63) is 75.5 Å². The number of rotatable bonds is 14. The molecule has 11 nitrogen and oxygen atoms in total. The monoisotopic (exact) mass is 728 g/mol. The summed E-state index contributed by atoms with van der Waals surface area (Å²) >= 11 is 12.8. The van der Waals surface area contributed by atoms with E-state index in [-0.39, 0.29) is 58.0 Å². The van der Waals surface area contributed by atoms with E-state index in [1.807, 2.05) is 0 Å². The van der Waals surface area contributed by atoms with E-state index in [1.165, 1.54) is 60.8 Å². The average Bonchev–Trinajstić information content (AvgIpc) is 3.73. The quantitative estimate of drug-likeness (QED) is 0.139. The number of hydrogen-bond acceptors (Lipinski definition) is 10. The van der Waals surface area contributed by atoms with Crippen molar-refractivity contribution < 1.29 is 49.9 Å². The van der Waals surface area contributed by atoms with Crippen LogP contribution >= 0.6 is 23.2 Å². The Bertz CT molecular complexity index is 1760. The number of alkyl halides is 2. The summed E-state index contributed by atoms with van der Waals surface area (Å²) in [5.74, 6) is -1.20. The van der Waals surface area contributed by atoms with Gasteiger partial charge in [-0.05, 0) is 73.1 Å². The second-order valence-electron chi connectivity index (χ2n) is 11.4. The molecule has 0 N–H and O–H groups in total.